The molecule has 4 nitrogen and oxygen atoms in total. The maximum atomic E-state index is 14.8. The molecule has 4 rings (SSSR count). The predicted molar refractivity (Wildman–Crippen MR) is 120 cm³/mol. The number of nitrogens with one attached hydrogen (secondary N) is 2. The largest absolute Gasteiger partial charge is 0.454 e. The van der Waals surface area contributed by atoms with E-state index in [-0.39, 0.29) is 17.6 Å². The van der Waals surface area contributed by atoms with Gasteiger partial charge in [0.15, 0.2) is 11.6 Å². The summed E-state index contributed by atoms with van der Waals surface area (Å²) in [6.07, 6.45) is 6.17. The van der Waals surface area contributed by atoms with Gasteiger partial charge in [-0.1, -0.05) is 13.0 Å². The molecule has 0 saturated heterocycles. The van der Waals surface area contributed by atoms with E-state index in [2.05, 4.69) is 48.2 Å². The Morgan fingerprint density at radius 2 is 2.00 bits per heavy atom. The molecule has 0 spiro atoms. The van der Waals surface area contributed by atoms with Crippen molar-refractivity contribution in [1.29, 1.82) is 0 Å². The molecule has 0 radical (unpaired) electrons. The Morgan fingerprint density at radius 3 is 2.70 bits per heavy atom. The van der Waals surface area contributed by atoms with E-state index in [1.54, 1.807) is 12.1 Å². The molecule has 1 aliphatic heterocycles. The van der Waals surface area contributed by atoms with E-state index >= 15 is 0 Å². The molecule has 2 N–H and O–H groups in total. The standard InChI is InChI=1S/C25H30FN3O/c1-5-20-14-21(15-27-20)28-17(4)18-6-9-25(23(26)13-18)30-22-7-8-24-19(12-22)10-11-29(24)16(2)3/h6-13,15-17,20,27-28H,5,14H2,1-4H3/t17?,20-/m0/s1. The van der Waals surface area contributed by atoms with E-state index in [4.69, 9.17) is 4.74 Å². The molecule has 2 atom stereocenters. The topological polar surface area (TPSA) is 38.2 Å². The van der Waals surface area contributed by atoms with Crippen LogP contribution in [0.3, 0.4) is 0 Å². The van der Waals surface area contributed by atoms with Crippen LogP contribution in [0.2, 0.25) is 0 Å². The first-order valence-corrected chi connectivity index (χ1v) is 10.7. The molecule has 0 saturated carbocycles. The van der Waals surface area contributed by atoms with E-state index < -0.39 is 0 Å². The first-order chi connectivity index (χ1) is 14.4. The molecule has 0 amide bonds. The van der Waals surface area contributed by atoms with Crippen molar-refractivity contribution in [3.63, 3.8) is 0 Å². The summed E-state index contributed by atoms with van der Waals surface area (Å²) >= 11 is 0. The van der Waals surface area contributed by atoms with Crippen molar-refractivity contribution in [1.82, 2.24) is 15.2 Å². The first-order valence-electron chi connectivity index (χ1n) is 10.7. The van der Waals surface area contributed by atoms with E-state index in [0.29, 0.717) is 17.8 Å². The third-order valence-corrected chi connectivity index (χ3v) is 5.79. The van der Waals surface area contributed by atoms with Gasteiger partial charge in [-0.05, 0) is 69.2 Å². The second-order valence-electron chi connectivity index (χ2n) is 8.34. The molecule has 2 aromatic carbocycles. The summed E-state index contributed by atoms with van der Waals surface area (Å²) in [7, 11) is 0. The Bertz CT molecular complexity index is 1070. The monoisotopic (exact) mass is 407 g/mol. The molecule has 1 aliphatic rings. The zero-order valence-corrected chi connectivity index (χ0v) is 18.1. The molecule has 2 heterocycles. The molecule has 0 aliphatic carbocycles. The van der Waals surface area contributed by atoms with Crippen LogP contribution in [0.15, 0.2) is 60.6 Å². The maximum Gasteiger partial charge on any atom is 0.166 e. The van der Waals surface area contributed by atoms with Gasteiger partial charge in [-0.3, -0.25) is 0 Å². The molecular formula is C25H30FN3O. The van der Waals surface area contributed by atoms with Crippen molar-refractivity contribution in [3.8, 4) is 11.5 Å². The lowest BCUT2D eigenvalue weighted by Gasteiger charge is -2.18. The summed E-state index contributed by atoms with van der Waals surface area (Å²) in [6.45, 7) is 8.52. The van der Waals surface area contributed by atoms with Gasteiger partial charge in [0, 0.05) is 53.5 Å². The van der Waals surface area contributed by atoms with Crippen LogP contribution in [-0.4, -0.2) is 10.6 Å². The van der Waals surface area contributed by atoms with Gasteiger partial charge in [0.2, 0.25) is 0 Å². The van der Waals surface area contributed by atoms with Crippen LogP contribution in [-0.2, 0) is 0 Å². The second kappa shape index (κ2) is 8.42. The van der Waals surface area contributed by atoms with Gasteiger partial charge in [-0.15, -0.1) is 0 Å². The number of hydrogen-bond acceptors (Lipinski definition) is 3. The van der Waals surface area contributed by atoms with Crippen LogP contribution >= 0.6 is 0 Å². The van der Waals surface area contributed by atoms with Crippen molar-refractivity contribution in [3.05, 3.63) is 71.9 Å². The number of hydrogen-bond donors (Lipinski definition) is 2. The highest BCUT2D eigenvalue weighted by Gasteiger charge is 2.17. The number of nitrogens with zero attached hydrogens (tertiary/aromatic N) is 1. The summed E-state index contributed by atoms with van der Waals surface area (Å²) in [4.78, 5) is 0. The minimum Gasteiger partial charge on any atom is -0.454 e. The molecule has 3 aromatic rings. The van der Waals surface area contributed by atoms with Gasteiger partial charge in [0.25, 0.3) is 0 Å². The minimum atomic E-state index is -0.356. The fourth-order valence-electron chi connectivity index (χ4n) is 3.98. The molecular weight excluding hydrogens is 377 g/mol. The lowest BCUT2D eigenvalue weighted by atomic mass is 10.1. The fourth-order valence-corrected chi connectivity index (χ4v) is 3.98. The number of rotatable bonds is 7. The Kier molecular flexibility index (Phi) is 5.71. The maximum absolute atomic E-state index is 14.8. The number of fused-ring (bicyclic) bond motifs is 1. The number of aromatic nitrogens is 1. The summed E-state index contributed by atoms with van der Waals surface area (Å²) < 4.78 is 22.8. The SMILES string of the molecule is CC[C@H]1CC(NC(C)c2ccc(Oc3ccc4c(ccn4C(C)C)c3)c(F)c2)=CN1. The third kappa shape index (κ3) is 4.16. The molecule has 5 heteroatoms. The van der Waals surface area contributed by atoms with Crippen molar-refractivity contribution in [2.45, 2.75) is 58.7 Å². The van der Waals surface area contributed by atoms with Crippen molar-refractivity contribution >= 4 is 10.9 Å². The van der Waals surface area contributed by atoms with E-state index in [1.165, 1.54) is 0 Å². The second-order valence-corrected chi connectivity index (χ2v) is 8.34. The minimum absolute atomic E-state index is 0.0179. The van der Waals surface area contributed by atoms with Crippen molar-refractivity contribution in [2.24, 2.45) is 0 Å². The van der Waals surface area contributed by atoms with Gasteiger partial charge in [0.05, 0.1) is 0 Å². The first kappa shape index (κ1) is 20.3. The number of halogens is 1. The van der Waals surface area contributed by atoms with Crippen LogP contribution in [0.5, 0.6) is 11.5 Å². The highest BCUT2D eigenvalue weighted by Crippen LogP contribution is 2.30. The Hall–Kier alpha value is -2.95. The van der Waals surface area contributed by atoms with E-state index in [9.17, 15) is 4.39 Å². The summed E-state index contributed by atoms with van der Waals surface area (Å²) in [5, 5.41) is 7.92. The van der Waals surface area contributed by atoms with Gasteiger partial charge < -0.3 is 19.9 Å². The Morgan fingerprint density at radius 1 is 1.17 bits per heavy atom. The van der Waals surface area contributed by atoms with E-state index in [1.807, 2.05) is 37.4 Å². The van der Waals surface area contributed by atoms with Crippen LogP contribution in [0.1, 0.15) is 58.2 Å². The molecule has 0 bridgehead atoms. The highest BCUT2D eigenvalue weighted by atomic mass is 19.1. The number of ether oxygens (including phenoxy) is 1. The molecule has 1 aromatic heterocycles. The zero-order chi connectivity index (χ0) is 21.3. The Balaban J connectivity index is 1.46. The van der Waals surface area contributed by atoms with Crippen molar-refractivity contribution < 1.29 is 9.13 Å². The lowest BCUT2D eigenvalue weighted by molar-refractivity contribution is 0.441. The zero-order valence-electron chi connectivity index (χ0n) is 18.1. The molecule has 158 valence electrons. The quantitative estimate of drug-likeness (QED) is 0.475. The van der Waals surface area contributed by atoms with Crippen LogP contribution in [0, 0.1) is 5.82 Å². The van der Waals surface area contributed by atoms with Crippen LogP contribution in [0.4, 0.5) is 4.39 Å². The lowest BCUT2D eigenvalue weighted by Crippen LogP contribution is -2.20. The Labute approximate surface area is 177 Å². The van der Waals surface area contributed by atoms with Gasteiger partial charge >= 0.3 is 0 Å². The normalized spacial score (nSPS) is 17.1. The predicted octanol–water partition coefficient (Wildman–Crippen LogP) is 6.42. The fraction of sp³-hybridized carbons (Fsp3) is 0.360. The van der Waals surface area contributed by atoms with Crippen LogP contribution in [0.25, 0.3) is 10.9 Å². The molecule has 1 unspecified atom stereocenters. The smallest absolute Gasteiger partial charge is 0.166 e. The van der Waals surface area contributed by atoms with E-state index in [0.717, 1.165) is 35.0 Å². The summed E-state index contributed by atoms with van der Waals surface area (Å²) in [5.74, 6) is 0.516. The van der Waals surface area contributed by atoms with Gasteiger partial charge in [0.1, 0.15) is 5.75 Å². The van der Waals surface area contributed by atoms with Crippen LogP contribution < -0.4 is 15.4 Å². The third-order valence-electron chi connectivity index (χ3n) is 5.79. The average molecular weight is 408 g/mol. The molecule has 0 fully saturated rings. The highest BCUT2D eigenvalue weighted by molar-refractivity contribution is 5.82. The van der Waals surface area contributed by atoms with Gasteiger partial charge in [-0.2, -0.15) is 0 Å². The number of benzene rings is 2. The summed E-state index contributed by atoms with van der Waals surface area (Å²) in [6, 6.07) is 14.0. The summed E-state index contributed by atoms with van der Waals surface area (Å²) in [5.41, 5.74) is 3.20. The molecule has 30 heavy (non-hydrogen) atoms. The van der Waals surface area contributed by atoms with Gasteiger partial charge in [-0.25, -0.2) is 4.39 Å². The average Bonchev–Trinajstić information content (AvgIpc) is 3.35. The van der Waals surface area contributed by atoms with Crippen molar-refractivity contribution in [2.75, 3.05) is 0 Å².